The Morgan fingerprint density at radius 1 is 1.36 bits per heavy atom. The highest BCUT2D eigenvalue weighted by atomic mass is 32.1. The molecule has 2 aromatic heterocycles. The van der Waals surface area contributed by atoms with Crippen LogP contribution in [-0.4, -0.2) is 33.6 Å². The van der Waals surface area contributed by atoms with Crippen molar-refractivity contribution in [2.75, 3.05) is 18.0 Å². The molecule has 0 atom stereocenters. The summed E-state index contributed by atoms with van der Waals surface area (Å²) in [5.74, 6) is 0.906. The largest absolute Gasteiger partial charge is 0.357 e. The molecule has 3 rings (SSSR count). The first-order valence-corrected chi connectivity index (χ1v) is 8.34. The average molecular weight is 317 g/mol. The lowest BCUT2D eigenvalue weighted by molar-refractivity contribution is 0.0954. The predicted molar refractivity (Wildman–Crippen MR) is 86.1 cm³/mol. The second-order valence-electron chi connectivity index (χ2n) is 5.30. The van der Waals surface area contributed by atoms with Crippen molar-refractivity contribution in [3.63, 3.8) is 0 Å². The van der Waals surface area contributed by atoms with Gasteiger partial charge < -0.3 is 10.2 Å². The van der Waals surface area contributed by atoms with Crippen molar-refractivity contribution in [1.29, 1.82) is 0 Å². The van der Waals surface area contributed by atoms with Crippen molar-refractivity contribution in [3.05, 3.63) is 34.5 Å². The van der Waals surface area contributed by atoms with Crippen LogP contribution in [0.2, 0.25) is 0 Å². The molecule has 22 heavy (non-hydrogen) atoms. The van der Waals surface area contributed by atoms with Crippen LogP contribution in [0.1, 0.15) is 40.7 Å². The quantitative estimate of drug-likeness (QED) is 0.913. The highest BCUT2D eigenvalue weighted by Gasteiger charge is 2.15. The first-order valence-electron chi connectivity index (χ1n) is 7.57. The topological polar surface area (TPSA) is 71.0 Å². The molecule has 1 N–H and O–H groups in total. The number of aromatic nitrogens is 3. The van der Waals surface area contributed by atoms with Crippen LogP contribution in [0.5, 0.6) is 0 Å². The molecule has 1 amide bonds. The number of aryl methyl sites for hydroxylation is 1. The highest BCUT2D eigenvalue weighted by Crippen LogP contribution is 2.17. The number of rotatable bonds is 5. The fourth-order valence-corrected chi connectivity index (χ4v) is 3.20. The van der Waals surface area contributed by atoms with Crippen LogP contribution < -0.4 is 10.2 Å². The van der Waals surface area contributed by atoms with Crippen molar-refractivity contribution < 1.29 is 4.79 Å². The second kappa shape index (κ2) is 6.83. The van der Waals surface area contributed by atoms with Gasteiger partial charge in [-0.3, -0.25) is 4.79 Å². The number of amides is 1. The molecule has 1 aliphatic rings. The lowest BCUT2D eigenvalue weighted by atomic mass is 10.2. The van der Waals surface area contributed by atoms with Gasteiger partial charge in [-0.05, 0) is 42.4 Å². The number of nitrogens with zero attached hydrogens (tertiary/aromatic N) is 4. The molecule has 0 aliphatic carbocycles. The monoisotopic (exact) mass is 317 g/mol. The van der Waals surface area contributed by atoms with Gasteiger partial charge in [0.15, 0.2) is 0 Å². The molecule has 1 saturated heterocycles. The van der Waals surface area contributed by atoms with Crippen molar-refractivity contribution in [1.82, 2.24) is 19.9 Å². The summed E-state index contributed by atoms with van der Waals surface area (Å²) < 4.78 is 3.84. The Morgan fingerprint density at radius 3 is 2.86 bits per heavy atom. The van der Waals surface area contributed by atoms with Gasteiger partial charge in [-0.15, -0.1) is 5.10 Å². The molecule has 2 aromatic rings. The summed E-state index contributed by atoms with van der Waals surface area (Å²) in [7, 11) is 0. The van der Waals surface area contributed by atoms with E-state index < -0.39 is 0 Å². The third-order valence-electron chi connectivity index (χ3n) is 3.79. The van der Waals surface area contributed by atoms with E-state index in [1.54, 1.807) is 0 Å². The first-order chi connectivity index (χ1) is 10.8. The van der Waals surface area contributed by atoms with Crippen LogP contribution in [0.3, 0.4) is 0 Å². The zero-order valence-corrected chi connectivity index (χ0v) is 13.4. The van der Waals surface area contributed by atoms with E-state index in [9.17, 15) is 4.79 Å². The van der Waals surface area contributed by atoms with Gasteiger partial charge in [0, 0.05) is 25.8 Å². The lowest BCUT2D eigenvalue weighted by Gasteiger charge is -2.16. The normalized spacial score (nSPS) is 14.3. The van der Waals surface area contributed by atoms with Crippen LogP contribution in [0.15, 0.2) is 18.3 Å². The number of carbonyl (C=O) groups is 1. The molecule has 0 aromatic carbocycles. The van der Waals surface area contributed by atoms with E-state index in [-0.39, 0.29) is 5.91 Å². The molecule has 0 unspecified atom stereocenters. The van der Waals surface area contributed by atoms with E-state index in [0.717, 1.165) is 41.7 Å². The molecule has 6 nitrogen and oxygen atoms in total. The predicted octanol–water partition coefficient (Wildman–Crippen LogP) is 2.03. The van der Waals surface area contributed by atoms with Crippen LogP contribution in [0, 0.1) is 0 Å². The van der Waals surface area contributed by atoms with Gasteiger partial charge in [0.1, 0.15) is 10.7 Å². The van der Waals surface area contributed by atoms with Gasteiger partial charge in [-0.25, -0.2) is 4.98 Å². The number of carbonyl (C=O) groups excluding carboxylic acids is 1. The summed E-state index contributed by atoms with van der Waals surface area (Å²) in [6.45, 7) is 4.60. The summed E-state index contributed by atoms with van der Waals surface area (Å²) in [6.07, 6.45) is 5.02. The molecule has 1 aliphatic heterocycles. The Labute approximate surface area is 133 Å². The Morgan fingerprint density at radius 2 is 2.18 bits per heavy atom. The minimum absolute atomic E-state index is 0.115. The number of nitrogens with one attached hydrogen (secondary N) is 1. The Bertz CT molecular complexity index is 634. The zero-order valence-electron chi connectivity index (χ0n) is 12.6. The van der Waals surface area contributed by atoms with E-state index >= 15 is 0 Å². The highest BCUT2D eigenvalue weighted by molar-refractivity contribution is 7.08. The number of hydrogen-bond acceptors (Lipinski definition) is 6. The average Bonchev–Trinajstić information content (AvgIpc) is 3.24. The minimum atomic E-state index is -0.115. The van der Waals surface area contributed by atoms with Crippen LogP contribution in [-0.2, 0) is 13.0 Å². The van der Waals surface area contributed by atoms with E-state index in [0.29, 0.717) is 17.8 Å². The van der Waals surface area contributed by atoms with Crippen LogP contribution in [0.4, 0.5) is 5.82 Å². The number of anilines is 1. The molecular weight excluding hydrogens is 298 g/mol. The molecule has 3 heterocycles. The Hall–Kier alpha value is -2.02. The minimum Gasteiger partial charge on any atom is -0.357 e. The van der Waals surface area contributed by atoms with Gasteiger partial charge in [-0.1, -0.05) is 17.5 Å². The number of pyridine rings is 1. The number of hydrogen-bond donors (Lipinski definition) is 1. The molecule has 0 saturated carbocycles. The van der Waals surface area contributed by atoms with E-state index in [1.165, 1.54) is 12.8 Å². The van der Waals surface area contributed by atoms with Crippen LogP contribution in [0.25, 0.3) is 0 Å². The maximum Gasteiger partial charge on any atom is 0.265 e. The van der Waals surface area contributed by atoms with Gasteiger partial charge in [-0.2, -0.15) is 0 Å². The van der Waals surface area contributed by atoms with Crippen LogP contribution >= 0.6 is 11.5 Å². The summed E-state index contributed by atoms with van der Waals surface area (Å²) in [5.41, 5.74) is 1.75. The summed E-state index contributed by atoms with van der Waals surface area (Å²) in [4.78, 5) is 19.5. The van der Waals surface area contributed by atoms with Gasteiger partial charge in [0.05, 0.1) is 5.69 Å². The third kappa shape index (κ3) is 3.24. The van der Waals surface area contributed by atoms with Crippen molar-refractivity contribution in [2.24, 2.45) is 0 Å². The molecule has 0 radical (unpaired) electrons. The molecule has 0 bridgehead atoms. The molecular formula is C15H19N5OS. The Balaban J connectivity index is 1.58. The van der Waals surface area contributed by atoms with Crippen molar-refractivity contribution in [3.8, 4) is 0 Å². The third-order valence-corrected chi connectivity index (χ3v) is 4.56. The zero-order chi connectivity index (χ0) is 15.4. The summed E-state index contributed by atoms with van der Waals surface area (Å²) in [5, 5.41) is 6.86. The van der Waals surface area contributed by atoms with Crippen molar-refractivity contribution in [2.45, 2.75) is 32.7 Å². The molecule has 116 valence electrons. The summed E-state index contributed by atoms with van der Waals surface area (Å²) in [6, 6.07) is 4.05. The summed E-state index contributed by atoms with van der Waals surface area (Å²) >= 11 is 1.14. The van der Waals surface area contributed by atoms with Gasteiger partial charge >= 0.3 is 0 Å². The van der Waals surface area contributed by atoms with Gasteiger partial charge in [0.2, 0.25) is 0 Å². The molecule has 0 spiro atoms. The van der Waals surface area contributed by atoms with E-state index in [1.807, 2.05) is 25.3 Å². The van der Waals surface area contributed by atoms with E-state index in [4.69, 9.17) is 0 Å². The SMILES string of the molecule is CCc1nnsc1C(=O)NCc1ccc(N2CCCC2)nc1. The van der Waals surface area contributed by atoms with Crippen molar-refractivity contribution >= 4 is 23.3 Å². The maximum absolute atomic E-state index is 12.1. The lowest BCUT2D eigenvalue weighted by Crippen LogP contribution is -2.23. The fourth-order valence-electron chi connectivity index (χ4n) is 2.53. The molecule has 7 heteroatoms. The maximum atomic E-state index is 12.1. The fraction of sp³-hybridized carbons (Fsp3) is 0.467. The van der Waals surface area contributed by atoms with Gasteiger partial charge in [0.25, 0.3) is 5.91 Å². The Kier molecular flexibility index (Phi) is 4.62. The smallest absolute Gasteiger partial charge is 0.265 e. The first kappa shape index (κ1) is 14.9. The second-order valence-corrected chi connectivity index (χ2v) is 6.06. The van der Waals surface area contributed by atoms with E-state index in [2.05, 4.69) is 24.8 Å². The molecule has 1 fully saturated rings. The standard InChI is InChI=1S/C15H19N5OS/c1-2-12-14(22-19-18-12)15(21)17-10-11-5-6-13(16-9-11)20-7-3-4-8-20/h5-6,9H,2-4,7-8,10H2,1H3,(H,17,21).